The number of benzene rings is 1. The first-order valence-corrected chi connectivity index (χ1v) is 12.5. The van der Waals surface area contributed by atoms with Crippen LogP contribution in [0.4, 0.5) is 13.2 Å². The lowest BCUT2D eigenvalue weighted by Crippen LogP contribution is -2.34. The number of carbonyl (C=O) groups excluding carboxylic acids is 1. The SMILES string of the molecule is CC[C@@H](c1cc(F)cc(F)c1)n1c(-c2ccn(C)n2)cc(=O)c(C(=O)N2CCC(c3ncccc3F)C2)c1O. The summed E-state index contributed by atoms with van der Waals surface area (Å²) in [7, 11) is 1.68. The molecule has 39 heavy (non-hydrogen) atoms. The summed E-state index contributed by atoms with van der Waals surface area (Å²) < 4.78 is 45.5. The number of nitrogens with zero attached hydrogens (tertiary/aromatic N) is 5. The predicted octanol–water partition coefficient (Wildman–Crippen LogP) is 4.40. The van der Waals surface area contributed by atoms with E-state index in [-0.39, 0.29) is 42.4 Å². The molecule has 3 aromatic heterocycles. The Morgan fingerprint density at radius 1 is 1.15 bits per heavy atom. The van der Waals surface area contributed by atoms with E-state index in [1.807, 2.05) is 0 Å². The second-order valence-electron chi connectivity index (χ2n) is 9.57. The van der Waals surface area contributed by atoms with Gasteiger partial charge in [0.2, 0.25) is 5.88 Å². The Bertz CT molecular complexity index is 1600. The molecular weight excluding hydrogens is 511 g/mol. The van der Waals surface area contributed by atoms with Gasteiger partial charge in [-0.2, -0.15) is 5.10 Å². The molecule has 1 aromatic carbocycles. The van der Waals surface area contributed by atoms with E-state index in [9.17, 15) is 27.9 Å². The first kappa shape index (κ1) is 26.2. The highest BCUT2D eigenvalue weighted by atomic mass is 19.1. The van der Waals surface area contributed by atoms with E-state index >= 15 is 0 Å². The number of amides is 1. The summed E-state index contributed by atoms with van der Waals surface area (Å²) in [5, 5.41) is 15.8. The average Bonchev–Trinajstić information content (AvgIpc) is 3.55. The molecule has 0 aliphatic carbocycles. The van der Waals surface area contributed by atoms with E-state index in [2.05, 4.69) is 10.1 Å². The van der Waals surface area contributed by atoms with Gasteiger partial charge in [-0.15, -0.1) is 0 Å². The number of aromatic nitrogens is 4. The Hall–Kier alpha value is -4.41. The zero-order chi connectivity index (χ0) is 27.8. The number of hydrogen-bond acceptors (Lipinski definition) is 5. The maximum Gasteiger partial charge on any atom is 0.263 e. The summed E-state index contributed by atoms with van der Waals surface area (Å²) in [6, 6.07) is 7.79. The molecule has 0 spiro atoms. The molecule has 1 amide bonds. The van der Waals surface area contributed by atoms with E-state index in [4.69, 9.17) is 0 Å². The Labute approximate surface area is 222 Å². The van der Waals surface area contributed by atoms with Crippen molar-refractivity contribution in [3.05, 3.63) is 99.4 Å². The summed E-state index contributed by atoms with van der Waals surface area (Å²) in [6.07, 6.45) is 3.81. The number of likely N-dealkylation sites (tertiary alicyclic amines) is 1. The van der Waals surface area contributed by atoms with Crippen LogP contribution in [-0.2, 0) is 7.05 Å². The standard InChI is InChI=1S/C28H26F3N5O3/c1-3-22(17-11-18(29)13-19(30)12-17)36-23(21-7-9-34(2)33-21)14-24(37)25(28(36)39)27(38)35-10-6-16(15-35)26-20(31)5-4-8-32-26/h4-5,7-9,11-14,16,22,39H,3,6,10,15H2,1-2H3/t16?,22-/m0/s1. The summed E-state index contributed by atoms with van der Waals surface area (Å²) in [5.74, 6) is -3.81. The van der Waals surface area contributed by atoms with Crippen molar-refractivity contribution < 1.29 is 23.1 Å². The fourth-order valence-corrected chi connectivity index (χ4v) is 5.24. The van der Waals surface area contributed by atoms with Gasteiger partial charge in [-0.25, -0.2) is 13.2 Å². The second kappa shape index (κ2) is 10.4. The van der Waals surface area contributed by atoms with Gasteiger partial charge in [0.1, 0.15) is 28.7 Å². The van der Waals surface area contributed by atoms with Crippen molar-refractivity contribution in [1.29, 1.82) is 0 Å². The molecule has 0 saturated carbocycles. The third kappa shape index (κ3) is 4.91. The van der Waals surface area contributed by atoms with Crippen LogP contribution in [0.3, 0.4) is 0 Å². The predicted molar refractivity (Wildman–Crippen MR) is 137 cm³/mol. The topological polar surface area (TPSA) is 93.3 Å². The van der Waals surface area contributed by atoms with Crippen molar-refractivity contribution in [3.8, 4) is 17.3 Å². The molecule has 1 unspecified atom stereocenters. The third-order valence-corrected chi connectivity index (χ3v) is 7.03. The van der Waals surface area contributed by atoms with Gasteiger partial charge in [0.15, 0.2) is 5.43 Å². The summed E-state index contributed by atoms with van der Waals surface area (Å²) in [5.41, 5.74) is -0.267. The van der Waals surface area contributed by atoms with Crippen molar-refractivity contribution in [1.82, 2.24) is 24.2 Å². The number of aromatic hydroxyl groups is 1. The highest BCUT2D eigenvalue weighted by Gasteiger charge is 2.34. The smallest absolute Gasteiger partial charge is 0.263 e. The first-order chi connectivity index (χ1) is 18.7. The number of hydrogen-bond donors (Lipinski definition) is 1. The number of carbonyl (C=O) groups is 1. The van der Waals surface area contributed by atoms with Crippen molar-refractivity contribution in [2.75, 3.05) is 13.1 Å². The van der Waals surface area contributed by atoms with Gasteiger partial charge in [-0.3, -0.25) is 19.3 Å². The molecule has 4 heterocycles. The van der Waals surface area contributed by atoms with E-state index in [0.717, 1.165) is 18.2 Å². The van der Waals surface area contributed by atoms with E-state index in [1.165, 1.54) is 38.5 Å². The van der Waals surface area contributed by atoms with Gasteiger partial charge in [-0.1, -0.05) is 6.92 Å². The van der Waals surface area contributed by atoms with Crippen LogP contribution in [0, 0.1) is 17.5 Å². The second-order valence-corrected chi connectivity index (χ2v) is 9.57. The Morgan fingerprint density at radius 2 is 1.90 bits per heavy atom. The van der Waals surface area contributed by atoms with E-state index in [1.54, 1.807) is 26.2 Å². The molecular formula is C28H26F3N5O3. The molecule has 0 bridgehead atoms. The number of halogens is 3. The fraction of sp³-hybridized carbons (Fsp3) is 0.286. The third-order valence-electron chi connectivity index (χ3n) is 7.03. The van der Waals surface area contributed by atoms with Crippen molar-refractivity contribution >= 4 is 5.91 Å². The minimum absolute atomic E-state index is 0.111. The van der Waals surface area contributed by atoms with Crippen LogP contribution in [0.15, 0.2) is 59.7 Å². The number of rotatable bonds is 6. The van der Waals surface area contributed by atoms with Crippen LogP contribution in [0.25, 0.3) is 11.4 Å². The lowest BCUT2D eigenvalue weighted by Gasteiger charge is -2.26. The molecule has 1 aliphatic rings. The normalized spacial score (nSPS) is 16.0. The maximum absolute atomic E-state index is 14.3. The summed E-state index contributed by atoms with van der Waals surface area (Å²) in [4.78, 5) is 32.4. The van der Waals surface area contributed by atoms with Crippen LogP contribution in [0.5, 0.6) is 5.88 Å². The van der Waals surface area contributed by atoms with Crippen LogP contribution in [0.1, 0.15) is 53.3 Å². The number of aryl methyl sites for hydroxylation is 1. The van der Waals surface area contributed by atoms with Gasteiger partial charge in [0.05, 0.1) is 17.4 Å². The monoisotopic (exact) mass is 537 g/mol. The number of pyridine rings is 2. The Kier molecular flexibility index (Phi) is 6.98. The first-order valence-electron chi connectivity index (χ1n) is 12.5. The average molecular weight is 538 g/mol. The molecule has 11 heteroatoms. The van der Waals surface area contributed by atoms with Crippen molar-refractivity contribution in [3.63, 3.8) is 0 Å². The van der Waals surface area contributed by atoms with Gasteiger partial charge >= 0.3 is 0 Å². The van der Waals surface area contributed by atoms with E-state index < -0.39 is 46.3 Å². The van der Waals surface area contributed by atoms with Crippen LogP contribution < -0.4 is 5.43 Å². The fourth-order valence-electron chi connectivity index (χ4n) is 5.24. The summed E-state index contributed by atoms with van der Waals surface area (Å²) >= 11 is 0. The Morgan fingerprint density at radius 3 is 2.54 bits per heavy atom. The molecule has 202 valence electrons. The van der Waals surface area contributed by atoms with Gasteiger partial charge in [0, 0.05) is 50.6 Å². The quantitative estimate of drug-likeness (QED) is 0.394. The molecule has 1 fully saturated rings. The zero-order valence-electron chi connectivity index (χ0n) is 21.3. The Balaban J connectivity index is 1.61. The lowest BCUT2D eigenvalue weighted by atomic mass is 10.0. The highest BCUT2D eigenvalue weighted by molar-refractivity contribution is 5.97. The molecule has 1 aliphatic heterocycles. The molecule has 2 atom stereocenters. The minimum Gasteiger partial charge on any atom is -0.494 e. The maximum atomic E-state index is 14.3. The molecule has 0 radical (unpaired) electrons. The largest absolute Gasteiger partial charge is 0.494 e. The molecule has 1 saturated heterocycles. The molecule has 5 rings (SSSR count). The van der Waals surface area contributed by atoms with Crippen molar-refractivity contribution in [2.24, 2.45) is 7.05 Å². The summed E-state index contributed by atoms with van der Waals surface area (Å²) in [6.45, 7) is 2.09. The minimum atomic E-state index is -0.840. The lowest BCUT2D eigenvalue weighted by molar-refractivity contribution is 0.0784. The van der Waals surface area contributed by atoms with Gasteiger partial charge in [0.25, 0.3) is 5.91 Å². The molecule has 8 nitrogen and oxygen atoms in total. The highest BCUT2D eigenvalue weighted by Crippen LogP contribution is 2.35. The zero-order valence-corrected chi connectivity index (χ0v) is 21.3. The van der Waals surface area contributed by atoms with Gasteiger partial charge in [-0.05, 0) is 48.7 Å². The van der Waals surface area contributed by atoms with Crippen LogP contribution >= 0.6 is 0 Å². The molecule has 4 aromatic rings. The molecule has 1 N–H and O–H groups in total. The van der Waals surface area contributed by atoms with E-state index in [0.29, 0.717) is 12.1 Å². The van der Waals surface area contributed by atoms with Crippen molar-refractivity contribution in [2.45, 2.75) is 31.7 Å². The van der Waals surface area contributed by atoms with Gasteiger partial charge < -0.3 is 14.6 Å². The van der Waals surface area contributed by atoms with Crippen LogP contribution in [0.2, 0.25) is 0 Å². The van der Waals surface area contributed by atoms with Crippen LogP contribution in [-0.4, -0.2) is 48.3 Å².